The highest BCUT2D eigenvalue weighted by Gasteiger charge is 2.08. The molecule has 3 nitrogen and oxygen atoms in total. The van der Waals surface area contributed by atoms with Crippen LogP contribution in [0.25, 0.3) is 6.08 Å². The van der Waals surface area contributed by atoms with E-state index in [1.165, 1.54) is 24.2 Å². The van der Waals surface area contributed by atoms with Crippen LogP contribution in [-0.4, -0.2) is 25.0 Å². The van der Waals surface area contributed by atoms with Gasteiger partial charge in [-0.25, -0.2) is 4.39 Å². The van der Waals surface area contributed by atoms with Crippen molar-refractivity contribution in [1.29, 1.82) is 0 Å². The van der Waals surface area contributed by atoms with Crippen molar-refractivity contribution < 1.29 is 13.9 Å². The highest BCUT2D eigenvalue weighted by Crippen LogP contribution is 2.18. The van der Waals surface area contributed by atoms with Crippen molar-refractivity contribution >= 4 is 23.6 Å². The second-order valence-electron chi connectivity index (χ2n) is 5.05. The van der Waals surface area contributed by atoms with Gasteiger partial charge in [0.05, 0.1) is 7.11 Å². The number of halogens is 2. The molecule has 0 aliphatic carbocycles. The Bertz CT molecular complexity index is 713. The molecule has 0 bridgehead atoms. The number of methoxy groups -OCH3 is 1. The molecule has 0 heterocycles. The number of hydrogen-bond acceptors (Lipinski definition) is 2. The van der Waals surface area contributed by atoms with Crippen LogP contribution in [0.15, 0.2) is 48.5 Å². The molecule has 0 atom stereocenters. The molecule has 2 aromatic carbocycles. The SMILES string of the molecule is COc1ccc(CN(C)C(=O)/C=C/c2ccc(Cl)cc2)cc1F. The van der Waals surface area contributed by atoms with E-state index in [0.717, 1.165) is 5.56 Å². The minimum atomic E-state index is -0.442. The normalized spacial score (nSPS) is 10.8. The highest BCUT2D eigenvalue weighted by atomic mass is 35.5. The Morgan fingerprint density at radius 1 is 1.26 bits per heavy atom. The zero-order valence-corrected chi connectivity index (χ0v) is 13.7. The van der Waals surface area contributed by atoms with Crippen LogP contribution in [-0.2, 0) is 11.3 Å². The lowest BCUT2D eigenvalue weighted by atomic mass is 10.2. The van der Waals surface area contributed by atoms with Crippen LogP contribution in [0.1, 0.15) is 11.1 Å². The molecule has 2 aromatic rings. The summed E-state index contributed by atoms with van der Waals surface area (Å²) in [5.74, 6) is -0.427. The Kier molecular flexibility index (Phi) is 5.77. The van der Waals surface area contributed by atoms with E-state index in [1.54, 1.807) is 37.4 Å². The van der Waals surface area contributed by atoms with Crippen LogP contribution < -0.4 is 4.74 Å². The number of likely N-dealkylation sites (N-methyl/N-ethyl adjacent to an activating group) is 1. The van der Waals surface area contributed by atoms with Gasteiger partial charge in [-0.3, -0.25) is 4.79 Å². The van der Waals surface area contributed by atoms with Crippen LogP contribution >= 0.6 is 11.6 Å². The third-order valence-corrected chi connectivity index (χ3v) is 3.55. The first-order valence-corrected chi connectivity index (χ1v) is 7.38. The molecular weight excluding hydrogens is 317 g/mol. The van der Waals surface area contributed by atoms with Crippen molar-refractivity contribution in [2.45, 2.75) is 6.54 Å². The lowest BCUT2D eigenvalue weighted by Crippen LogP contribution is -2.24. The number of carbonyl (C=O) groups excluding carboxylic acids is 1. The third kappa shape index (κ3) is 4.83. The van der Waals surface area contributed by atoms with Crippen molar-refractivity contribution in [3.63, 3.8) is 0 Å². The number of nitrogens with zero attached hydrogens (tertiary/aromatic N) is 1. The summed E-state index contributed by atoms with van der Waals surface area (Å²) in [6.07, 6.45) is 3.19. The van der Waals surface area contributed by atoms with Gasteiger partial charge in [0, 0.05) is 24.7 Å². The second-order valence-corrected chi connectivity index (χ2v) is 5.48. The first kappa shape index (κ1) is 17.0. The third-order valence-electron chi connectivity index (χ3n) is 3.30. The van der Waals surface area contributed by atoms with Crippen LogP contribution in [0.2, 0.25) is 5.02 Å². The molecule has 0 unspecified atom stereocenters. The standard InChI is InChI=1S/C18H17ClFNO2/c1-21(12-14-5-9-17(23-2)16(20)11-14)18(22)10-6-13-3-7-15(19)8-4-13/h3-11H,12H2,1-2H3/b10-6+. The Labute approximate surface area is 139 Å². The smallest absolute Gasteiger partial charge is 0.246 e. The summed E-state index contributed by atoms with van der Waals surface area (Å²) in [7, 11) is 3.08. The van der Waals surface area contributed by atoms with E-state index in [-0.39, 0.29) is 11.7 Å². The van der Waals surface area contributed by atoms with Crippen LogP contribution in [0, 0.1) is 5.82 Å². The maximum Gasteiger partial charge on any atom is 0.246 e. The molecule has 0 saturated heterocycles. The minimum absolute atomic E-state index is 0.170. The molecule has 0 aliphatic heterocycles. The van der Waals surface area contributed by atoms with Gasteiger partial charge < -0.3 is 9.64 Å². The quantitative estimate of drug-likeness (QED) is 0.769. The van der Waals surface area contributed by atoms with Gasteiger partial charge in [0.15, 0.2) is 11.6 Å². The van der Waals surface area contributed by atoms with E-state index in [1.807, 2.05) is 12.1 Å². The van der Waals surface area contributed by atoms with Gasteiger partial charge in [-0.05, 0) is 41.5 Å². The van der Waals surface area contributed by atoms with Crippen molar-refractivity contribution in [2.75, 3.05) is 14.2 Å². The Morgan fingerprint density at radius 2 is 1.96 bits per heavy atom. The molecule has 0 radical (unpaired) electrons. The van der Waals surface area contributed by atoms with E-state index in [0.29, 0.717) is 17.1 Å². The average Bonchev–Trinajstić information content (AvgIpc) is 2.54. The Morgan fingerprint density at radius 3 is 2.57 bits per heavy atom. The van der Waals surface area contributed by atoms with Gasteiger partial charge >= 0.3 is 0 Å². The molecular formula is C18H17ClFNO2. The van der Waals surface area contributed by atoms with Gasteiger partial charge in [0.25, 0.3) is 0 Å². The summed E-state index contributed by atoms with van der Waals surface area (Å²) >= 11 is 5.81. The first-order valence-electron chi connectivity index (χ1n) is 7.01. The minimum Gasteiger partial charge on any atom is -0.494 e. The molecule has 0 N–H and O–H groups in total. The number of rotatable bonds is 5. The summed E-state index contributed by atoms with van der Waals surface area (Å²) < 4.78 is 18.5. The Hall–Kier alpha value is -2.33. The van der Waals surface area contributed by atoms with Gasteiger partial charge in [-0.1, -0.05) is 29.8 Å². The number of hydrogen-bond donors (Lipinski definition) is 0. The van der Waals surface area contributed by atoms with Crippen molar-refractivity contribution in [2.24, 2.45) is 0 Å². The Balaban J connectivity index is 1.99. The zero-order valence-electron chi connectivity index (χ0n) is 12.9. The van der Waals surface area contributed by atoms with E-state index in [9.17, 15) is 9.18 Å². The van der Waals surface area contributed by atoms with Crippen molar-refractivity contribution in [3.05, 3.63) is 70.5 Å². The van der Waals surface area contributed by atoms with Crippen molar-refractivity contribution in [3.8, 4) is 5.75 Å². The summed E-state index contributed by atoms with van der Waals surface area (Å²) in [5.41, 5.74) is 1.57. The first-order chi connectivity index (χ1) is 11.0. The summed E-state index contributed by atoms with van der Waals surface area (Å²) in [4.78, 5) is 13.6. The van der Waals surface area contributed by atoms with Gasteiger partial charge in [0.1, 0.15) is 0 Å². The molecule has 0 aliphatic rings. The number of amides is 1. The van der Waals surface area contributed by atoms with Crippen LogP contribution in [0.4, 0.5) is 4.39 Å². The topological polar surface area (TPSA) is 29.5 Å². The predicted molar refractivity (Wildman–Crippen MR) is 89.9 cm³/mol. The highest BCUT2D eigenvalue weighted by molar-refractivity contribution is 6.30. The second kappa shape index (κ2) is 7.79. The fourth-order valence-electron chi connectivity index (χ4n) is 2.03. The molecule has 0 aromatic heterocycles. The van der Waals surface area contributed by atoms with E-state index in [4.69, 9.17) is 16.3 Å². The summed E-state index contributed by atoms with van der Waals surface area (Å²) in [6, 6.07) is 11.8. The number of ether oxygens (including phenoxy) is 1. The zero-order chi connectivity index (χ0) is 16.8. The molecule has 0 fully saturated rings. The fraction of sp³-hybridized carbons (Fsp3) is 0.167. The molecule has 0 spiro atoms. The maximum absolute atomic E-state index is 13.7. The van der Waals surface area contributed by atoms with E-state index < -0.39 is 5.82 Å². The molecule has 120 valence electrons. The van der Waals surface area contributed by atoms with Crippen LogP contribution in [0.5, 0.6) is 5.75 Å². The van der Waals surface area contributed by atoms with Gasteiger partial charge in [0.2, 0.25) is 5.91 Å². The lowest BCUT2D eigenvalue weighted by molar-refractivity contribution is -0.125. The predicted octanol–water partition coefficient (Wildman–Crippen LogP) is 4.16. The van der Waals surface area contributed by atoms with Crippen LogP contribution in [0.3, 0.4) is 0 Å². The molecule has 0 saturated carbocycles. The molecule has 5 heteroatoms. The van der Waals surface area contributed by atoms with Gasteiger partial charge in [-0.15, -0.1) is 0 Å². The number of benzene rings is 2. The van der Waals surface area contributed by atoms with E-state index >= 15 is 0 Å². The van der Waals surface area contributed by atoms with Gasteiger partial charge in [-0.2, -0.15) is 0 Å². The summed E-state index contributed by atoms with van der Waals surface area (Å²) in [5, 5.41) is 0.645. The molecule has 1 amide bonds. The fourth-order valence-corrected chi connectivity index (χ4v) is 2.15. The number of carbonyl (C=O) groups is 1. The molecule has 2 rings (SSSR count). The van der Waals surface area contributed by atoms with E-state index in [2.05, 4.69) is 0 Å². The largest absolute Gasteiger partial charge is 0.494 e. The van der Waals surface area contributed by atoms with Crippen molar-refractivity contribution in [1.82, 2.24) is 4.90 Å². The lowest BCUT2D eigenvalue weighted by Gasteiger charge is -2.15. The summed E-state index contributed by atoms with van der Waals surface area (Å²) in [6.45, 7) is 0.310. The maximum atomic E-state index is 13.7. The average molecular weight is 334 g/mol. The molecule has 23 heavy (non-hydrogen) atoms. The monoisotopic (exact) mass is 333 g/mol.